The fourth-order valence-corrected chi connectivity index (χ4v) is 2.48. The fourth-order valence-electron chi connectivity index (χ4n) is 1.97. The zero-order valence-electron chi connectivity index (χ0n) is 11.0. The molecule has 0 bridgehead atoms. The van der Waals surface area contributed by atoms with Crippen LogP contribution in [0.2, 0.25) is 0 Å². The molecule has 0 aliphatic rings. The van der Waals surface area contributed by atoms with Crippen LogP contribution in [0.5, 0.6) is 11.5 Å². The van der Waals surface area contributed by atoms with Gasteiger partial charge >= 0.3 is 0 Å². The lowest BCUT2D eigenvalue weighted by Gasteiger charge is -2.11. The lowest BCUT2D eigenvalue weighted by molar-refractivity contribution is 0.475. The molecule has 0 radical (unpaired) electrons. The summed E-state index contributed by atoms with van der Waals surface area (Å²) in [4.78, 5) is 0. The summed E-state index contributed by atoms with van der Waals surface area (Å²) >= 11 is 3.49. The summed E-state index contributed by atoms with van der Waals surface area (Å²) in [6.07, 6.45) is 2.26. The van der Waals surface area contributed by atoms with Crippen molar-refractivity contribution < 1.29 is 4.74 Å². The Bertz CT molecular complexity index is 537. The van der Waals surface area contributed by atoms with E-state index in [9.17, 15) is 0 Å². The van der Waals surface area contributed by atoms with E-state index < -0.39 is 0 Å². The van der Waals surface area contributed by atoms with Gasteiger partial charge in [0.1, 0.15) is 11.5 Å². The molecule has 2 aromatic carbocycles. The van der Waals surface area contributed by atoms with E-state index in [1.807, 2.05) is 30.3 Å². The molecule has 0 saturated carbocycles. The predicted octanol–water partition coefficient (Wildman–Crippen LogP) is 4.65. The van der Waals surface area contributed by atoms with Crippen LogP contribution in [0.3, 0.4) is 0 Å². The molecule has 0 aliphatic carbocycles. The summed E-state index contributed by atoms with van der Waals surface area (Å²) in [5, 5.41) is 0. The van der Waals surface area contributed by atoms with Crippen molar-refractivity contribution >= 4 is 15.9 Å². The van der Waals surface area contributed by atoms with Crippen molar-refractivity contribution in [2.24, 2.45) is 5.73 Å². The quantitative estimate of drug-likeness (QED) is 0.870. The Labute approximate surface area is 122 Å². The standard InChI is InChI=1S/C16H18BrNO/c1-2-4-12-7-9-13(10-8-12)19-16-6-3-5-15(17)14(16)11-18/h3,5-10H,2,4,11,18H2,1H3. The smallest absolute Gasteiger partial charge is 0.133 e. The largest absolute Gasteiger partial charge is 0.457 e. The fraction of sp³-hybridized carbons (Fsp3) is 0.250. The third-order valence-corrected chi connectivity index (χ3v) is 3.71. The van der Waals surface area contributed by atoms with Crippen molar-refractivity contribution in [1.29, 1.82) is 0 Å². The number of benzene rings is 2. The summed E-state index contributed by atoms with van der Waals surface area (Å²) in [6, 6.07) is 14.1. The van der Waals surface area contributed by atoms with Gasteiger partial charge in [-0.2, -0.15) is 0 Å². The van der Waals surface area contributed by atoms with E-state index in [0.29, 0.717) is 6.54 Å². The molecular formula is C16H18BrNO. The highest BCUT2D eigenvalue weighted by atomic mass is 79.9. The monoisotopic (exact) mass is 319 g/mol. The van der Waals surface area contributed by atoms with Crippen molar-refractivity contribution in [3.05, 3.63) is 58.1 Å². The minimum atomic E-state index is 0.449. The summed E-state index contributed by atoms with van der Waals surface area (Å²) < 4.78 is 6.89. The second-order valence-corrected chi connectivity index (χ2v) is 5.27. The average Bonchev–Trinajstić information content (AvgIpc) is 2.42. The second-order valence-electron chi connectivity index (χ2n) is 4.42. The first-order valence-corrected chi connectivity index (χ1v) is 7.28. The van der Waals surface area contributed by atoms with Crippen molar-refractivity contribution in [2.75, 3.05) is 0 Å². The van der Waals surface area contributed by atoms with Crippen LogP contribution in [0.1, 0.15) is 24.5 Å². The van der Waals surface area contributed by atoms with Crippen LogP contribution < -0.4 is 10.5 Å². The Balaban J connectivity index is 2.19. The highest BCUT2D eigenvalue weighted by molar-refractivity contribution is 9.10. The Hall–Kier alpha value is -1.32. The predicted molar refractivity (Wildman–Crippen MR) is 82.5 cm³/mol. The Morgan fingerprint density at radius 3 is 2.47 bits per heavy atom. The Morgan fingerprint density at radius 1 is 1.11 bits per heavy atom. The zero-order valence-corrected chi connectivity index (χ0v) is 12.6. The highest BCUT2D eigenvalue weighted by Gasteiger charge is 2.07. The summed E-state index contributed by atoms with van der Waals surface area (Å²) in [5.74, 6) is 1.65. The number of hydrogen-bond acceptors (Lipinski definition) is 2. The molecule has 2 N–H and O–H groups in total. The topological polar surface area (TPSA) is 35.2 Å². The molecule has 19 heavy (non-hydrogen) atoms. The Morgan fingerprint density at radius 2 is 1.84 bits per heavy atom. The molecule has 100 valence electrons. The molecule has 0 aromatic heterocycles. The maximum Gasteiger partial charge on any atom is 0.133 e. The molecule has 0 saturated heterocycles. The van der Waals surface area contributed by atoms with Gasteiger partial charge in [0.2, 0.25) is 0 Å². The van der Waals surface area contributed by atoms with Gasteiger partial charge in [0, 0.05) is 16.6 Å². The number of rotatable bonds is 5. The molecule has 2 rings (SSSR count). The van der Waals surface area contributed by atoms with E-state index in [2.05, 4.69) is 35.0 Å². The van der Waals surface area contributed by atoms with Crippen molar-refractivity contribution in [1.82, 2.24) is 0 Å². The first-order chi connectivity index (χ1) is 9.24. The van der Waals surface area contributed by atoms with Gasteiger partial charge in [-0.15, -0.1) is 0 Å². The number of nitrogens with two attached hydrogens (primary N) is 1. The molecule has 3 heteroatoms. The minimum Gasteiger partial charge on any atom is -0.457 e. The van der Waals surface area contributed by atoms with Crippen molar-refractivity contribution in [3.8, 4) is 11.5 Å². The van der Waals surface area contributed by atoms with Gasteiger partial charge in [0.15, 0.2) is 0 Å². The molecule has 2 aromatic rings. The Kier molecular flexibility index (Phi) is 5.00. The highest BCUT2D eigenvalue weighted by Crippen LogP contribution is 2.30. The maximum atomic E-state index is 5.90. The molecular weight excluding hydrogens is 302 g/mol. The van der Waals surface area contributed by atoms with Crippen LogP contribution in [0.25, 0.3) is 0 Å². The number of halogens is 1. The SMILES string of the molecule is CCCc1ccc(Oc2cccc(Br)c2CN)cc1. The summed E-state index contributed by atoms with van der Waals surface area (Å²) in [6.45, 7) is 2.63. The normalized spacial score (nSPS) is 10.5. The third-order valence-electron chi connectivity index (χ3n) is 2.97. The average molecular weight is 320 g/mol. The van der Waals surface area contributed by atoms with E-state index >= 15 is 0 Å². The van der Waals surface area contributed by atoms with Crippen LogP contribution in [0.4, 0.5) is 0 Å². The first kappa shape index (κ1) is 14.1. The van der Waals surface area contributed by atoms with Gasteiger partial charge < -0.3 is 10.5 Å². The lowest BCUT2D eigenvalue weighted by Crippen LogP contribution is -2.00. The zero-order chi connectivity index (χ0) is 13.7. The van der Waals surface area contributed by atoms with Crippen molar-refractivity contribution in [3.63, 3.8) is 0 Å². The third kappa shape index (κ3) is 3.58. The van der Waals surface area contributed by atoms with Crippen LogP contribution in [0, 0.1) is 0 Å². The van der Waals surface area contributed by atoms with Gasteiger partial charge in [-0.25, -0.2) is 0 Å². The van der Waals surface area contributed by atoms with E-state index in [1.54, 1.807) is 0 Å². The molecule has 0 atom stereocenters. The maximum absolute atomic E-state index is 5.90. The van der Waals surface area contributed by atoms with E-state index in [4.69, 9.17) is 10.5 Å². The van der Waals surface area contributed by atoms with Crippen LogP contribution >= 0.6 is 15.9 Å². The van der Waals surface area contributed by atoms with Crippen molar-refractivity contribution in [2.45, 2.75) is 26.3 Å². The molecule has 2 nitrogen and oxygen atoms in total. The number of aryl methyl sites for hydroxylation is 1. The second kappa shape index (κ2) is 6.73. The van der Waals surface area contributed by atoms with Crippen LogP contribution in [0.15, 0.2) is 46.9 Å². The van der Waals surface area contributed by atoms with Crippen LogP contribution in [-0.4, -0.2) is 0 Å². The van der Waals surface area contributed by atoms with E-state index in [1.165, 1.54) is 5.56 Å². The molecule has 0 aliphatic heterocycles. The molecule has 0 heterocycles. The molecule has 0 amide bonds. The van der Waals surface area contributed by atoms with Crippen LogP contribution in [-0.2, 0) is 13.0 Å². The number of hydrogen-bond donors (Lipinski definition) is 1. The summed E-state index contributed by atoms with van der Waals surface area (Å²) in [5.41, 5.74) is 8.08. The minimum absolute atomic E-state index is 0.449. The molecule has 0 unspecified atom stereocenters. The van der Waals surface area contributed by atoms with Gasteiger partial charge in [-0.1, -0.05) is 47.5 Å². The van der Waals surface area contributed by atoms with Gasteiger partial charge in [-0.3, -0.25) is 0 Å². The molecule has 0 spiro atoms. The van der Waals surface area contributed by atoms with Gasteiger partial charge in [-0.05, 0) is 36.2 Å². The number of ether oxygens (including phenoxy) is 1. The van der Waals surface area contributed by atoms with Gasteiger partial charge in [0.25, 0.3) is 0 Å². The first-order valence-electron chi connectivity index (χ1n) is 6.49. The summed E-state index contributed by atoms with van der Waals surface area (Å²) in [7, 11) is 0. The van der Waals surface area contributed by atoms with Gasteiger partial charge in [0.05, 0.1) is 0 Å². The van der Waals surface area contributed by atoms with E-state index in [0.717, 1.165) is 34.4 Å². The van der Waals surface area contributed by atoms with E-state index in [-0.39, 0.29) is 0 Å². The lowest BCUT2D eigenvalue weighted by atomic mass is 10.1. The molecule has 0 fully saturated rings.